The first kappa shape index (κ1) is 18.7. The van der Waals surface area contributed by atoms with E-state index < -0.39 is 0 Å². The highest BCUT2D eigenvalue weighted by Crippen LogP contribution is 2.33. The molecule has 1 amide bonds. The second kappa shape index (κ2) is 7.43. The Morgan fingerprint density at radius 3 is 2.68 bits per heavy atom. The molecule has 1 N–H and O–H groups in total. The normalized spacial score (nSPS) is 15.2. The Labute approximate surface area is 168 Å². The van der Waals surface area contributed by atoms with Gasteiger partial charge >= 0.3 is 0 Å². The Hall–Kier alpha value is -2.60. The molecule has 2 aromatic heterocycles. The summed E-state index contributed by atoms with van der Waals surface area (Å²) in [4.78, 5) is 23.7. The molecule has 1 aliphatic rings. The number of nitrogens with one attached hydrogen (secondary N) is 1. The van der Waals surface area contributed by atoms with Crippen LogP contribution in [0.3, 0.4) is 0 Å². The second-order valence-electron chi connectivity index (χ2n) is 7.32. The molecule has 0 saturated carbocycles. The van der Waals surface area contributed by atoms with E-state index in [0.717, 1.165) is 59.7 Å². The fourth-order valence-corrected chi connectivity index (χ4v) is 3.91. The van der Waals surface area contributed by atoms with Crippen molar-refractivity contribution in [2.75, 3.05) is 23.3 Å². The number of halogens is 1. The lowest BCUT2D eigenvalue weighted by molar-refractivity contribution is -0.120. The van der Waals surface area contributed by atoms with Crippen LogP contribution >= 0.6 is 11.6 Å². The summed E-state index contributed by atoms with van der Waals surface area (Å²) in [5.74, 6) is 1.78. The number of amides is 1. The van der Waals surface area contributed by atoms with Crippen LogP contribution in [0.2, 0.25) is 5.02 Å². The lowest BCUT2D eigenvalue weighted by atomic mass is 9.95. The van der Waals surface area contributed by atoms with Gasteiger partial charge in [-0.05, 0) is 51.3 Å². The number of benzene rings is 1. The molecule has 1 aliphatic heterocycles. The molecule has 28 heavy (non-hydrogen) atoms. The van der Waals surface area contributed by atoms with Crippen LogP contribution in [-0.2, 0) is 4.79 Å². The van der Waals surface area contributed by atoms with Gasteiger partial charge in [-0.25, -0.2) is 9.97 Å². The SMILES string of the molecule is Cc1oc2ncnc(N3CCC(C(=O)Nc4cccc(Cl)c4C)CC3)c2c1C. The summed E-state index contributed by atoms with van der Waals surface area (Å²) in [6.07, 6.45) is 3.08. The van der Waals surface area contributed by atoms with Crippen molar-refractivity contribution in [3.8, 4) is 0 Å². The van der Waals surface area contributed by atoms with Gasteiger partial charge in [0.25, 0.3) is 0 Å². The predicted molar refractivity (Wildman–Crippen MR) is 111 cm³/mol. The molecule has 3 heterocycles. The van der Waals surface area contributed by atoms with Crippen LogP contribution in [0.5, 0.6) is 0 Å². The Bertz CT molecular complexity index is 1040. The zero-order valence-corrected chi connectivity index (χ0v) is 17.0. The number of hydrogen-bond acceptors (Lipinski definition) is 5. The van der Waals surface area contributed by atoms with Crippen LogP contribution in [0.25, 0.3) is 11.1 Å². The molecule has 1 fully saturated rings. The van der Waals surface area contributed by atoms with Crippen molar-refractivity contribution in [3.63, 3.8) is 0 Å². The van der Waals surface area contributed by atoms with Gasteiger partial charge in [-0.3, -0.25) is 4.79 Å². The number of anilines is 2. The third kappa shape index (κ3) is 3.33. The summed E-state index contributed by atoms with van der Waals surface area (Å²) >= 11 is 6.15. The van der Waals surface area contributed by atoms with E-state index in [-0.39, 0.29) is 11.8 Å². The first-order valence-corrected chi connectivity index (χ1v) is 9.85. The molecule has 1 saturated heterocycles. The minimum absolute atomic E-state index is 0.0286. The van der Waals surface area contributed by atoms with Crippen LogP contribution in [0.15, 0.2) is 28.9 Å². The molecule has 6 nitrogen and oxygen atoms in total. The first-order valence-electron chi connectivity index (χ1n) is 9.47. The summed E-state index contributed by atoms with van der Waals surface area (Å²) in [5.41, 5.74) is 3.37. The minimum atomic E-state index is -0.0286. The van der Waals surface area contributed by atoms with Crippen LogP contribution < -0.4 is 10.2 Å². The summed E-state index contributed by atoms with van der Waals surface area (Å²) < 4.78 is 5.72. The number of nitrogens with zero attached hydrogens (tertiary/aromatic N) is 3. The van der Waals surface area contributed by atoms with Crippen molar-refractivity contribution in [3.05, 3.63) is 46.4 Å². The smallest absolute Gasteiger partial charge is 0.231 e. The summed E-state index contributed by atoms with van der Waals surface area (Å²) in [6, 6.07) is 5.56. The van der Waals surface area contributed by atoms with Gasteiger partial charge in [-0.2, -0.15) is 0 Å². The Kier molecular flexibility index (Phi) is 4.98. The Morgan fingerprint density at radius 2 is 1.93 bits per heavy atom. The Balaban J connectivity index is 1.46. The maximum absolute atomic E-state index is 12.7. The number of furan rings is 1. The average Bonchev–Trinajstić information content (AvgIpc) is 2.99. The van der Waals surface area contributed by atoms with Gasteiger partial charge in [-0.1, -0.05) is 17.7 Å². The van der Waals surface area contributed by atoms with Gasteiger partial charge in [0.15, 0.2) is 0 Å². The number of hydrogen-bond donors (Lipinski definition) is 1. The highest BCUT2D eigenvalue weighted by atomic mass is 35.5. The maximum atomic E-state index is 12.7. The zero-order valence-electron chi connectivity index (χ0n) is 16.3. The lowest BCUT2D eigenvalue weighted by Gasteiger charge is -2.32. The minimum Gasteiger partial charge on any atom is -0.443 e. The Morgan fingerprint density at radius 1 is 1.18 bits per heavy atom. The molecule has 7 heteroatoms. The predicted octanol–water partition coefficient (Wildman–Crippen LogP) is 4.66. The van der Waals surface area contributed by atoms with Gasteiger partial charge in [0, 0.05) is 35.3 Å². The van der Waals surface area contributed by atoms with Gasteiger partial charge in [-0.15, -0.1) is 0 Å². The summed E-state index contributed by atoms with van der Waals surface area (Å²) in [5, 5.41) is 4.66. The van der Waals surface area contributed by atoms with Crippen molar-refractivity contribution in [1.82, 2.24) is 9.97 Å². The molecule has 4 rings (SSSR count). The summed E-state index contributed by atoms with van der Waals surface area (Å²) in [6.45, 7) is 7.41. The third-order valence-electron chi connectivity index (χ3n) is 5.64. The van der Waals surface area contributed by atoms with Gasteiger partial charge in [0.1, 0.15) is 17.9 Å². The molecule has 0 aliphatic carbocycles. The molecule has 3 aromatic rings. The van der Waals surface area contributed by atoms with Gasteiger partial charge < -0.3 is 14.6 Å². The van der Waals surface area contributed by atoms with Crippen molar-refractivity contribution >= 4 is 40.1 Å². The number of aromatic nitrogens is 2. The van der Waals surface area contributed by atoms with E-state index in [1.165, 1.54) is 0 Å². The number of fused-ring (bicyclic) bond motifs is 1. The van der Waals surface area contributed by atoms with E-state index in [2.05, 4.69) is 20.2 Å². The lowest BCUT2D eigenvalue weighted by Crippen LogP contribution is -2.38. The quantitative estimate of drug-likeness (QED) is 0.694. The third-order valence-corrected chi connectivity index (χ3v) is 6.05. The molecule has 1 aromatic carbocycles. The fourth-order valence-electron chi connectivity index (χ4n) is 3.73. The summed E-state index contributed by atoms with van der Waals surface area (Å²) in [7, 11) is 0. The van der Waals surface area contributed by atoms with Crippen molar-refractivity contribution in [1.29, 1.82) is 0 Å². The van der Waals surface area contributed by atoms with E-state index in [0.29, 0.717) is 10.7 Å². The molecular weight excluding hydrogens is 376 g/mol. The van der Waals surface area contributed by atoms with Crippen molar-refractivity contribution < 1.29 is 9.21 Å². The molecule has 0 unspecified atom stereocenters. The van der Waals surface area contributed by atoms with Crippen LogP contribution in [-0.4, -0.2) is 29.0 Å². The van der Waals surface area contributed by atoms with E-state index >= 15 is 0 Å². The topological polar surface area (TPSA) is 71.3 Å². The molecule has 146 valence electrons. The van der Waals surface area contributed by atoms with Crippen molar-refractivity contribution in [2.45, 2.75) is 33.6 Å². The molecule has 0 radical (unpaired) electrons. The van der Waals surface area contributed by atoms with E-state index in [1.807, 2.05) is 39.0 Å². The highest BCUT2D eigenvalue weighted by molar-refractivity contribution is 6.31. The molecule has 0 bridgehead atoms. The highest BCUT2D eigenvalue weighted by Gasteiger charge is 2.28. The average molecular weight is 399 g/mol. The molecular formula is C21H23ClN4O2. The number of carbonyl (C=O) groups is 1. The zero-order chi connectivity index (χ0) is 19.8. The number of carbonyl (C=O) groups excluding carboxylic acids is 1. The van der Waals surface area contributed by atoms with Crippen LogP contribution in [0.4, 0.5) is 11.5 Å². The number of piperidine rings is 1. The van der Waals surface area contributed by atoms with E-state index in [1.54, 1.807) is 6.33 Å². The van der Waals surface area contributed by atoms with Crippen molar-refractivity contribution in [2.24, 2.45) is 5.92 Å². The maximum Gasteiger partial charge on any atom is 0.231 e. The second-order valence-corrected chi connectivity index (χ2v) is 7.73. The first-order chi connectivity index (χ1) is 13.5. The van der Waals surface area contributed by atoms with Gasteiger partial charge in [0.05, 0.1) is 5.39 Å². The van der Waals surface area contributed by atoms with E-state index in [4.69, 9.17) is 16.0 Å². The standard InChI is InChI=1S/C21H23ClN4O2/c1-12-14(3)28-21-18(12)19(23-11-24-21)26-9-7-15(8-10-26)20(27)25-17-6-4-5-16(22)13(17)2/h4-6,11,15H,7-10H2,1-3H3,(H,25,27). The fraction of sp³-hybridized carbons (Fsp3) is 0.381. The van der Waals surface area contributed by atoms with E-state index in [9.17, 15) is 4.79 Å². The molecule has 0 spiro atoms. The van der Waals surface area contributed by atoms with Gasteiger partial charge in [0.2, 0.25) is 11.6 Å². The monoisotopic (exact) mass is 398 g/mol. The van der Waals surface area contributed by atoms with Crippen LogP contribution in [0, 0.1) is 26.7 Å². The molecule has 0 atom stereocenters. The number of rotatable bonds is 3. The number of aryl methyl sites for hydroxylation is 2. The largest absolute Gasteiger partial charge is 0.443 e. The van der Waals surface area contributed by atoms with Crippen LogP contribution in [0.1, 0.15) is 29.7 Å².